The fraction of sp³-hybridized carbons (Fsp3) is 0.111. The van der Waals surface area contributed by atoms with Crippen LogP contribution in [0.3, 0.4) is 0 Å². The van der Waals surface area contributed by atoms with Crippen LogP contribution in [-0.4, -0.2) is 16.0 Å². The van der Waals surface area contributed by atoms with Crippen molar-refractivity contribution in [2.75, 3.05) is 0 Å². The van der Waals surface area contributed by atoms with Crippen LogP contribution >= 0.6 is 23.2 Å². The number of nitrogens with one attached hydrogen (secondary N) is 1. The van der Waals surface area contributed by atoms with Crippen molar-refractivity contribution in [2.45, 2.75) is 13.2 Å². The van der Waals surface area contributed by atoms with E-state index in [-0.39, 0.29) is 12.4 Å². The Hall–Kier alpha value is -2.14. The van der Waals surface area contributed by atoms with Crippen molar-refractivity contribution in [1.29, 1.82) is 0 Å². The van der Waals surface area contributed by atoms with Gasteiger partial charge in [-0.05, 0) is 23.8 Å². The third-order valence-corrected chi connectivity index (χ3v) is 4.04. The first-order chi connectivity index (χ1) is 11.6. The molecule has 3 rings (SSSR count). The van der Waals surface area contributed by atoms with Gasteiger partial charge in [0.05, 0.1) is 35.7 Å². The summed E-state index contributed by atoms with van der Waals surface area (Å²) in [5.74, 6) is -0.219. The molecule has 0 saturated carbocycles. The maximum Gasteiger partial charge on any atom is 0.198 e. The normalized spacial score (nSPS) is 10.8. The minimum Gasteiger partial charge on any atom is -0.370 e. The number of aromatic amines is 1. The lowest BCUT2D eigenvalue weighted by atomic mass is 10.0. The van der Waals surface area contributed by atoms with E-state index in [1.54, 1.807) is 18.2 Å². The minimum absolute atomic E-state index is 0.219. The Morgan fingerprint density at radius 3 is 2.58 bits per heavy atom. The molecule has 0 atom stereocenters. The van der Waals surface area contributed by atoms with E-state index in [9.17, 15) is 4.79 Å². The van der Waals surface area contributed by atoms with Gasteiger partial charge in [0.15, 0.2) is 5.78 Å². The molecule has 0 bridgehead atoms. The summed E-state index contributed by atoms with van der Waals surface area (Å²) in [6.07, 6.45) is 1.48. The lowest BCUT2D eigenvalue weighted by Crippen LogP contribution is -2.06. The van der Waals surface area contributed by atoms with Crippen molar-refractivity contribution < 1.29 is 9.53 Å². The first-order valence-corrected chi connectivity index (χ1v) is 8.04. The molecule has 1 aromatic heterocycles. The Labute approximate surface area is 149 Å². The van der Waals surface area contributed by atoms with Crippen LogP contribution in [0.15, 0.2) is 54.7 Å². The monoisotopic (exact) mass is 360 g/mol. The molecule has 1 N–H and O–H groups in total. The summed E-state index contributed by atoms with van der Waals surface area (Å²) >= 11 is 12.0. The molecule has 0 aliphatic rings. The number of H-pyrrole nitrogens is 1. The van der Waals surface area contributed by atoms with Crippen LogP contribution in [0.1, 0.15) is 27.2 Å². The predicted octanol–water partition coefficient (Wildman–Crippen LogP) is 4.66. The molecule has 0 aliphatic carbocycles. The molecule has 3 aromatic rings. The zero-order valence-electron chi connectivity index (χ0n) is 12.6. The van der Waals surface area contributed by atoms with Gasteiger partial charge < -0.3 is 4.74 Å². The molecule has 122 valence electrons. The molecule has 0 radical (unpaired) electrons. The SMILES string of the molecule is O=C(c1ccc(Cl)cc1Cl)c1cn[nH]c1COCc1ccccc1. The number of hydrogen-bond acceptors (Lipinski definition) is 3. The molecular formula is C18H14Cl2N2O2. The van der Waals surface area contributed by atoms with Crippen molar-refractivity contribution in [2.24, 2.45) is 0 Å². The second-order valence-corrected chi connectivity index (χ2v) is 6.04. The summed E-state index contributed by atoms with van der Waals surface area (Å²) in [4.78, 5) is 12.7. The van der Waals surface area contributed by atoms with E-state index in [0.717, 1.165) is 5.56 Å². The van der Waals surface area contributed by atoms with Gasteiger partial charge >= 0.3 is 0 Å². The Bertz CT molecular complexity index is 847. The number of benzene rings is 2. The lowest BCUT2D eigenvalue weighted by Gasteiger charge is -2.06. The molecule has 0 saturated heterocycles. The molecule has 4 nitrogen and oxygen atoms in total. The summed E-state index contributed by atoms with van der Waals surface area (Å²) in [6, 6.07) is 14.6. The van der Waals surface area contributed by atoms with Gasteiger partial charge in [0.25, 0.3) is 0 Å². The van der Waals surface area contributed by atoms with Gasteiger partial charge in [0.1, 0.15) is 0 Å². The smallest absolute Gasteiger partial charge is 0.198 e. The minimum atomic E-state index is -0.219. The van der Waals surface area contributed by atoms with Crippen molar-refractivity contribution in [3.63, 3.8) is 0 Å². The van der Waals surface area contributed by atoms with Crippen LogP contribution in [0.25, 0.3) is 0 Å². The predicted molar refractivity (Wildman–Crippen MR) is 93.4 cm³/mol. The topological polar surface area (TPSA) is 55.0 Å². The molecule has 2 aromatic carbocycles. The first kappa shape index (κ1) is 16.7. The van der Waals surface area contributed by atoms with Crippen molar-refractivity contribution in [3.8, 4) is 0 Å². The number of rotatable bonds is 6. The highest BCUT2D eigenvalue weighted by Gasteiger charge is 2.18. The van der Waals surface area contributed by atoms with Crippen LogP contribution in [0, 0.1) is 0 Å². The van der Waals surface area contributed by atoms with Crippen molar-refractivity contribution >= 4 is 29.0 Å². The fourth-order valence-corrected chi connectivity index (χ4v) is 2.78. The van der Waals surface area contributed by atoms with E-state index in [1.807, 2.05) is 30.3 Å². The van der Waals surface area contributed by atoms with Gasteiger partial charge in [0.2, 0.25) is 0 Å². The summed E-state index contributed by atoms with van der Waals surface area (Å²) in [7, 11) is 0. The van der Waals surface area contributed by atoms with Crippen molar-refractivity contribution in [3.05, 3.63) is 87.2 Å². The van der Waals surface area contributed by atoms with Gasteiger partial charge in [-0.15, -0.1) is 0 Å². The highest BCUT2D eigenvalue weighted by Crippen LogP contribution is 2.24. The third-order valence-electron chi connectivity index (χ3n) is 3.50. The van der Waals surface area contributed by atoms with Crippen LogP contribution in [0.2, 0.25) is 10.0 Å². The number of aromatic nitrogens is 2. The van der Waals surface area contributed by atoms with E-state index in [2.05, 4.69) is 10.2 Å². The molecule has 0 spiro atoms. The maximum atomic E-state index is 12.7. The average molecular weight is 361 g/mol. The van der Waals surface area contributed by atoms with E-state index in [1.165, 1.54) is 6.20 Å². The summed E-state index contributed by atoms with van der Waals surface area (Å²) in [5, 5.41) is 7.55. The van der Waals surface area contributed by atoms with Crippen LogP contribution < -0.4 is 0 Å². The second kappa shape index (κ2) is 7.62. The Balaban J connectivity index is 1.71. The van der Waals surface area contributed by atoms with Gasteiger partial charge in [-0.2, -0.15) is 5.10 Å². The molecule has 0 aliphatic heterocycles. The second-order valence-electron chi connectivity index (χ2n) is 5.19. The molecule has 0 amide bonds. The van der Waals surface area contributed by atoms with E-state index in [0.29, 0.717) is 33.5 Å². The fourth-order valence-electron chi connectivity index (χ4n) is 2.28. The molecular weight excluding hydrogens is 347 g/mol. The summed E-state index contributed by atoms with van der Waals surface area (Å²) in [6.45, 7) is 0.705. The number of nitrogens with zero attached hydrogens (tertiary/aromatic N) is 1. The largest absolute Gasteiger partial charge is 0.370 e. The molecule has 24 heavy (non-hydrogen) atoms. The Morgan fingerprint density at radius 1 is 1.04 bits per heavy atom. The van der Waals surface area contributed by atoms with E-state index < -0.39 is 0 Å². The number of ketones is 1. The number of hydrogen-bond donors (Lipinski definition) is 1. The Kier molecular flexibility index (Phi) is 5.30. The molecule has 0 unspecified atom stereocenters. The number of halogens is 2. The van der Waals surface area contributed by atoms with Gasteiger partial charge in [-0.1, -0.05) is 53.5 Å². The van der Waals surface area contributed by atoms with E-state index in [4.69, 9.17) is 27.9 Å². The number of carbonyl (C=O) groups excluding carboxylic acids is 1. The standard InChI is InChI=1S/C18H14Cl2N2O2/c19-13-6-7-14(16(20)8-13)18(23)15-9-21-22-17(15)11-24-10-12-4-2-1-3-5-12/h1-9H,10-11H2,(H,21,22). The third kappa shape index (κ3) is 3.85. The van der Waals surface area contributed by atoms with E-state index >= 15 is 0 Å². The van der Waals surface area contributed by atoms with Crippen molar-refractivity contribution in [1.82, 2.24) is 10.2 Å². The highest BCUT2D eigenvalue weighted by molar-refractivity contribution is 6.37. The molecule has 1 heterocycles. The van der Waals surface area contributed by atoms with Gasteiger partial charge in [-0.3, -0.25) is 9.89 Å². The van der Waals surface area contributed by atoms with Crippen LogP contribution in [-0.2, 0) is 18.0 Å². The zero-order valence-corrected chi connectivity index (χ0v) is 14.1. The van der Waals surface area contributed by atoms with Crippen LogP contribution in [0.5, 0.6) is 0 Å². The van der Waals surface area contributed by atoms with Gasteiger partial charge in [0, 0.05) is 10.6 Å². The number of carbonyl (C=O) groups is 1. The van der Waals surface area contributed by atoms with Gasteiger partial charge in [-0.25, -0.2) is 0 Å². The Morgan fingerprint density at radius 2 is 1.83 bits per heavy atom. The van der Waals surface area contributed by atoms with Crippen LogP contribution in [0.4, 0.5) is 0 Å². The average Bonchev–Trinajstić information content (AvgIpc) is 3.04. The summed E-state index contributed by atoms with van der Waals surface area (Å²) in [5.41, 5.74) is 2.49. The lowest BCUT2D eigenvalue weighted by molar-refractivity contribution is 0.0981. The molecule has 0 fully saturated rings. The summed E-state index contributed by atoms with van der Waals surface area (Å²) < 4.78 is 5.66. The highest BCUT2D eigenvalue weighted by atomic mass is 35.5. The molecule has 6 heteroatoms. The quantitative estimate of drug-likeness (QED) is 0.650. The number of ether oxygens (including phenoxy) is 1. The first-order valence-electron chi connectivity index (χ1n) is 7.29. The maximum absolute atomic E-state index is 12.7. The zero-order chi connectivity index (χ0) is 16.9.